The van der Waals surface area contributed by atoms with E-state index in [0.29, 0.717) is 4.31 Å². The van der Waals surface area contributed by atoms with Gasteiger partial charge in [0.15, 0.2) is 5.75 Å². The average Bonchev–Trinajstić information content (AvgIpc) is 2.56. The molecular weight excluding hydrogens is 437 g/mol. The lowest BCUT2D eigenvalue weighted by Crippen LogP contribution is -2.35. The quantitative estimate of drug-likeness (QED) is 0.386. The number of amides is 1. The van der Waals surface area contributed by atoms with Crippen molar-refractivity contribution < 1.29 is 22.7 Å². The summed E-state index contributed by atoms with van der Waals surface area (Å²) in [5.74, 6) is -1.75. The van der Waals surface area contributed by atoms with Crippen LogP contribution in [-0.2, 0) is 19.6 Å². The Bertz CT molecular complexity index is 1020. The third-order valence-corrected chi connectivity index (χ3v) is 6.33. The number of halogens is 3. The van der Waals surface area contributed by atoms with Gasteiger partial charge in [-0.3, -0.25) is 9.59 Å². The van der Waals surface area contributed by atoms with Gasteiger partial charge in [-0.2, -0.15) is 0 Å². The summed E-state index contributed by atoms with van der Waals surface area (Å²) in [7, 11) is -4.29. The number of benzene rings is 2. The van der Waals surface area contributed by atoms with E-state index in [1.54, 1.807) is 19.1 Å². The van der Waals surface area contributed by atoms with Crippen LogP contribution in [0.25, 0.3) is 0 Å². The summed E-state index contributed by atoms with van der Waals surface area (Å²) < 4.78 is 31.4. The van der Waals surface area contributed by atoms with Gasteiger partial charge in [-0.1, -0.05) is 52.5 Å². The van der Waals surface area contributed by atoms with Crippen LogP contribution < -0.4 is 9.04 Å². The molecule has 1 amide bonds. The molecule has 0 radical (unpaired) electrons. The SMILES string of the molecule is CC(=O)Oc1c(Cl)cc(N(C(C)=O)S(=O)(=O)c2ccc(C)cc2)c(Cl)c1Cl. The molecule has 144 valence electrons. The summed E-state index contributed by atoms with van der Waals surface area (Å²) in [6.07, 6.45) is 0. The molecule has 0 atom stereocenters. The molecule has 0 fully saturated rings. The second-order valence-corrected chi connectivity index (χ2v) is 8.48. The van der Waals surface area contributed by atoms with E-state index in [1.807, 2.05) is 0 Å². The third kappa shape index (κ3) is 4.38. The lowest BCUT2D eigenvalue weighted by Gasteiger charge is -2.23. The molecule has 0 N–H and O–H groups in total. The highest BCUT2D eigenvalue weighted by Gasteiger charge is 2.32. The van der Waals surface area contributed by atoms with Crippen molar-refractivity contribution in [3.8, 4) is 5.75 Å². The van der Waals surface area contributed by atoms with E-state index in [0.717, 1.165) is 25.5 Å². The summed E-state index contributed by atoms with van der Waals surface area (Å²) in [4.78, 5) is 23.3. The van der Waals surface area contributed by atoms with E-state index in [2.05, 4.69) is 0 Å². The standard InChI is InChI=1S/C17H14Cl3NO5S/c1-9-4-6-12(7-5-9)27(24,25)21(10(2)22)14-8-13(18)17(26-11(3)23)16(20)15(14)19/h4-8H,1-3H3. The van der Waals surface area contributed by atoms with Gasteiger partial charge in [0.1, 0.15) is 5.02 Å². The zero-order chi connectivity index (χ0) is 20.5. The third-order valence-electron chi connectivity index (χ3n) is 3.41. The molecule has 0 aromatic heterocycles. The van der Waals surface area contributed by atoms with Crippen molar-refractivity contribution >= 4 is 62.4 Å². The van der Waals surface area contributed by atoms with Crippen molar-refractivity contribution in [3.63, 3.8) is 0 Å². The summed E-state index contributed by atoms with van der Waals surface area (Å²) >= 11 is 18.3. The second kappa shape index (κ2) is 8.06. The molecule has 0 bridgehead atoms. The average molecular weight is 451 g/mol. The van der Waals surface area contributed by atoms with Gasteiger partial charge < -0.3 is 4.74 Å². The van der Waals surface area contributed by atoms with Gasteiger partial charge in [-0.25, -0.2) is 12.7 Å². The fraction of sp³-hybridized carbons (Fsp3) is 0.176. The topological polar surface area (TPSA) is 80.8 Å². The molecule has 0 saturated heterocycles. The number of esters is 1. The number of ether oxygens (including phenoxy) is 1. The molecule has 2 rings (SSSR count). The Morgan fingerprint density at radius 2 is 1.56 bits per heavy atom. The zero-order valence-corrected chi connectivity index (χ0v) is 17.5. The van der Waals surface area contributed by atoms with E-state index < -0.39 is 21.9 Å². The number of hydrogen-bond acceptors (Lipinski definition) is 5. The van der Waals surface area contributed by atoms with Crippen LogP contribution in [0.4, 0.5) is 5.69 Å². The molecule has 0 aliphatic rings. The lowest BCUT2D eigenvalue weighted by molar-refractivity contribution is -0.131. The van der Waals surface area contributed by atoms with E-state index >= 15 is 0 Å². The van der Waals surface area contributed by atoms with Gasteiger partial charge in [0.25, 0.3) is 10.0 Å². The summed E-state index contributed by atoms with van der Waals surface area (Å²) in [6, 6.07) is 7.02. The van der Waals surface area contributed by atoms with Crippen molar-refractivity contribution in [2.24, 2.45) is 0 Å². The first-order chi connectivity index (χ1) is 12.5. The molecule has 2 aromatic carbocycles. The highest BCUT2D eigenvalue weighted by Crippen LogP contribution is 2.45. The van der Waals surface area contributed by atoms with Crippen LogP contribution in [0.2, 0.25) is 15.1 Å². The predicted molar refractivity (Wildman–Crippen MR) is 104 cm³/mol. The zero-order valence-electron chi connectivity index (χ0n) is 14.4. The van der Waals surface area contributed by atoms with Gasteiger partial charge in [0.2, 0.25) is 5.91 Å². The van der Waals surface area contributed by atoms with E-state index in [9.17, 15) is 18.0 Å². The lowest BCUT2D eigenvalue weighted by atomic mass is 10.2. The van der Waals surface area contributed by atoms with E-state index in [-0.39, 0.29) is 31.4 Å². The fourth-order valence-corrected chi connectivity index (χ4v) is 4.46. The molecule has 0 saturated carbocycles. The largest absolute Gasteiger partial charge is 0.423 e. The number of hydrogen-bond donors (Lipinski definition) is 0. The molecule has 0 heterocycles. The smallest absolute Gasteiger partial charge is 0.308 e. The molecule has 0 aliphatic carbocycles. The Balaban J connectivity index is 2.69. The molecule has 0 spiro atoms. The van der Waals surface area contributed by atoms with Crippen LogP contribution >= 0.6 is 34.8 Å². The molecule has 10 heteroatoms. The van der Waals surface area contributed by atoms with Gasteiger partial charge in [0, 0.05) is 13.8 Å². The molecular formula is C17H14Cl3NO5S. The van der Waals surface area contributed by atoms with Crippen molar-refractivity contribution in [2.45, 2.75) is 25.7 Å². The first-order valence-electron chi connectivity index (χ1n) is 7.45. The molecule has 0 aliphatic heterocycles. The summed E-state index contributed by atoms with van der Waals surface area (Å²) in [5.41, 5.74) is 0.592. The second-order valence-electron chi connectivity index (χ2n) is 5.53. The van der Waals surface area contributed by atoms with Gasteiger partial charge in [0.05, 0.1) is 20.6 Å². The van der Waals surface area contributed by atoms with Crippen molar-refractivity contribution in [1.82, 2.24) is 0 Å². The minimum atomic E-state index is -4.29. The van der Waals surface area contributed by atoms with Crippen molar-refractivity contribution in [2.75, 3.05) is 4.31 Å². The Hall–Kier alpha value is -1.80. The van der Waals surface area contributed by atoms with Gasteiger partial charge >= 0.3 is 5.97 Å². The van der Waals surface area contributed by atoms with E-state index in [4.69, 9.17) is 39.5 Å². The predicted octanol–water partition coefficient (Wildman–Crippen LogP) is 4.62. The number of carbonyl (C=O) groups excluding carboxylic acids is 2. The van der Waals surface area contributed by atoms with E-state index in [1.165, 1.54) is 12.1 Å². The number of carbonyl (C=O) groups is 2. The molecule has 2 aromatic rings. The van der Waals surface area contributed by atoms with Crippen LogP contribution in [-0.4, -0.2) is 20.3 Å². The number of rotatable bonds is 4. The van der Waals surface area contributed by atoms with Crippen LogP contribution in [0.5, 0.6) is 5.75 Å². The minimum absolute atomic E-state index is 0.115. The maximum absolute atomic E-state index is 13.0. The van der Waals surface area contributed by atoms with Crippen molar-refractivity contribution in [3.05, 3.63) is 51.0 Å². The Morgan fingerprint density at radius 3 is 2.04 bits per heavy atom. The van der Waals surface area contributed by atoms with Gasteiger partial charge in [-0.05, 0) is 25.1 Å². The maximum Gasteiger partial charge on any atom is 0.308 e. The molecule has 27 heavy (non-hydrogen) atoms. The Morgan fingerprint density at radius 1 is 1.00 bits per heavy atom. The Labute approximate surface area is 171 Å². The minimum Gasteiger partial charge on any atom is -0.423 e. The molecule has 6 nitrogen and oxygen atoms in total. The number of sulfonamides is 1. The number of aryl methyl sites for hydroxylation is 1. The monoisotopic (exact) mass is 449 g/mol. The van der Waals surface area contributed by atoms with Crippen molar-refractivity contribution in [1.29, 1.82) is 0 Å². The van der Waals surface area contributed by atoms with Crippen LogP contribution in [0.15, 0.2) is 35.2 Å². The highest BCUT2D eigenvalue weighted by molar-refractivity contribution is 7.93. The maximum atomic E-state index is 13.0. The van der Waals surface area contributed by atoms with Crippen LogP contribution in [0.3, 0.4) is 0 Å². The Kier molecular flexibility index (Phi) is 6.42. The first kappa shape index (κ1) is 21.5. The number of anilines is 1. The van der Waals surface area contributed by atoms with Crippen LogP contribution in [0, 0.1) is 6.92 Å². The summed E-state index contributed by atoms with van der Waals surface area (Å²) in [5, 5.41) is -0.775. The fourth-order valence-electron chi connectivity index (χ4n) is 2.23. The summed E-state index contributed by atoms with van der Waals surface area (Å²) in [6.45, 7) is 3.99. The highest BCUT2D eigenvalue weighted by atomic mass is 35.5. The first-order valence-corrected chi connectivity index (χ1v) is 10.0. The normalized spacial score (nSPS) is 11.2. The number of nitrogens with zero attached hydrogens (tertiary/aromatic N) is 1. The molecule has 0 unspecified atom stereocenters. The van der Waals surface area contributed by atoms with Crippen LogP contribution in [0.1, 0.15) is 19.4 Å². The van der Waals surface area contributed by atoms with Gasteiger partial charge in [-0.15, -0.1) is 0 Å².